The quantitative estimate of drug-likeness (QED) is 0.417. The average Bonchev–Trinajstić information content (AvgIpc) is 2.35. The molecule has 2 unspecified atom stereocenters. The first kappa shape index (κ1) is 17.4. The summed E-state index contributed by atoms with van der Waals surface area (Å²) < 4.78 is 6.29. The van der Waals surface area contributed by atoms with Crippen molar-refractivity contribution in [2.45, 2.75) is 43.1 Å². The standard InChI is InChI=1S/C12H20N4O4S/c1-5-20-10(19)12(3,13)6-7(2)21-11-14-8(17)9(18)15-16(11)4/h7H,5-6,13H2,1-4H3,(H,15,18). The average molecular weight is 316 g/mol. The van der Waals surface area contributed by atoms with Crippen LogP contribution < -0.4 is 16.9 Å². The topological polar surface area (TPSA) is 120 Å². The Balaban J connectivity index is 2.80. The van der Waals surface area contributed by atoms with Gasteiger partial charge in [0, 0.05) is 12.3 Å². The highest BCUT2D eigenvalue weighted by molar-refractivity contribution is 7.99. The summed E-state index contributed by atoms with van der Waals surface area (Å²) in [5.74, 6) is -0.472. The number of nitrogens with zero attached hydrogens (tertiary/aromatic N) is 2. The molecule has 8 nitrogen and oxygen atoms in total. The van der Waals surface area contributed by atoms with E-state index < -0.39 is 22.6 Å². The summed E-state index contributed by atoms with van der Waals surface area (Å²) >= 11 is 1.25. The van der Waals surface area contributed by atoms with Gasteiger partial charge >= 0.3 is 17.1 Å². The zero-order valence-corrected chi connectivity index (χ0v) is 13.3. The van der Waals surface area contributed by atoms with Gasteiger partial charge in [0.25, 0.3) is 0 Å². The lowest BCUT2D eigenvalue weighted by Gasteiger charge is -2.25. The Bertz CT molecular complexity index is 622. The maximum Gasteiger partial charge on any atom is 0.339 e. The Hall–Kier alpha value is -1.61. The van der Waals surface area contributed by atoms with Gasteiger partial charge in [-0.2, -0.15) is 4.98 Å². The molecule has 9 heteroatoms. The number of nitrogens with one attached hydrogen (secondary N) is 1. The Morgan fingerprint density at radius 3 is 2.76 bits per heavy atom. The van der Waals surface area contributed by atoms with Gasteiger partial charge in [0.1, 0.15) is 5.54 Å². The van der Waals surface area contributed by atoms with Crippen molar-refractivity contribution < 1.29 is 9.53 Å². The van der Waals surface area contributed by atoms with E-state index in [2.05, 4.69) is 10.1 Å². The summed E-state index contributed by atoms with van der Waals surface area (Å²) in [6, 6.07) is 0. The van der Waals surface area contributed by atoms with E-state index in [0.717, 1.165) is 0 Å². The first-order valence-corrected chi connectivity index (χ1v) is 7.35. The molecule has 0 bridgehead atoms. The third kappa shape index (κ3) is 4.71. The maximum absolute atomic E-state index is 11.7. The Kier molecular flexibility index (Phi) is 5.73. The Morgan fingerprint density at radius 2 is 2.19 bits per heavy atom. The highest BCUT2D eigenvalue weighted by Crippen LogP contribution is 2.25. The number of aromatic nitrogens is 3. The number of thioether (sulfide) groups is 1. The van der Waals surface area contributed by atoms with Gasteiger partial charge in [0.15, 0.2) is 5.16 Å². The highest BCUT2D eigenvalue weighted by atomic mass is 32.2. The molecular weight excluding hydrogens is 296 g/mol. The van der Waals surface area contributed by atoms with Crippen LogP contribution in [0.4, 0.5) is 0 Å². The molecule has 0 radical (unpaired) electrons. The van der Waals surface area contributed by atoms with Crippen LogP contribution >= 0.6 is 11.8 Å². The highest BCUT2D eigenvalue weighted by Gasteiger charge is 2.32. The number of hydrogen-bond donors (Lipinski definition) is 2. The van der Waals surface area contributed by atoms with Crippen molar-refractivity contribution in [3.8, 4) is 0 Å². The van der Waals surface area contributed by atoms with Crippen LogP contribution in [-0.4, -0.2) is 38.1 Å². The third-order valence-corrected chi connectivity index (χ3v) is 3.85. The predicted molar refractivity (Wildman–Crippen MR) is 79.3 cm³/mol. The van der Waals surface area contributed by atoms with Crippen LogP contribution in [0.15, 0.2) is 14.7 Å². The molecule has 3 N–H and O–H groups in total. The summed E-state index contributed by atoms with van der Waals surface area (Å²) in [4.78, 5) is 37.8. The molecule has 0 spiro atoms. The van der Waals surface area contributed by atoms with Gasteiger partial charge in [0.05, 0.1) is 6.61 Å². The Morgan fingerprint density at radius 1 is 1.57 bits per heavy atom. The number of rotatable bonds is 6. The van der Waals surface area contributed by atoms with Gasteiger partial charge in [-0.05, 0) is 20.3 Å². The summed E-state index contributed by atoms with van der Waals surface area (Å²) in [5.41, 5.74) is 3.22. The van der Waals surface area contributed by atoms with Crippen LogP contribution in [0.3, 0.4) is 0 Å². The molecule has 0 aliphatic carbocycles. The molecule has 0 aliphatic heterocycles. The molecule has 1 rings (SSSR count). The zero-order chi connectivity index (χ0) is 16.2. The van der Waals surface area contributed by atoms with Crippen molar-refractivity contribution in [2.24, 2.45) is 12.8 Å². The minimum atomic E-state index is -1.12. The fraction of sp³-hybridized carbons (Fsp3) is 0.667. The lowest BCUT2D eigenvalue weighted by atomic mass is 9.98. The number of aryl methyl sites for hydroxylation is 1. The summed E-state index contributed by atoms with van der Waals surface area (Å²) in [7, 11) is 1.58. The number of aromatic amines is 1. The normalized spacial score (nSPS) is 15.3. The minimum Gasteiger partial charge on any atom is -0.465 e. The summed E-state index contributed by atoms with van der Waals surface area (Å²) in [5, 5.41) is 2.61. The van der Waals surface area contributed by atoms with Gasteiger partial charge < -0.3 is 10.5 Å². The van der Waals surface area contributed by atoms with Crippen molar-refractivity contribution in [3.05, 3.63) is 20.7 Å². The van der Waals surface area contributed by atoms with Gasteiger partial charge in [0.2, 0.25) is 0 Å². The van der Waals surface area contributed by atoms with Crippen LogP contribution in [0.25, 0.3) is 0 Å². The smallest absolute Gasteiger partial charge is 0.339 e. The van der Waals surface area contributed by atoms with Gasteiger partial charge in [-0.15, -0.1) is 0 Å². The third-order valence-electron chi connectivity index (χ3n) is 2.71. The fourth-order valence-electron chi connectivity index (χ4n) is 1.76. The second kappa shape index (κ2) is 6.90. The molecule has 118 valence electrons. The van der Waals surface area contributed by atoms with Crippen molar-refractivity contribution in [1.82, 2.24) is 14.8 Å². The largest absolute Gasteiger partial charge is 0.465 e. The molecule has 0 amide bonds. The first-order chi connectivity index (χ1) is 9.67. The maximum atomic E-state index is 11.7. The lowest BCUT2D eigenvalue weighted by Crippen LogP contribution is -2.47. The number of carbonyl (C=O) groups excluding carboxylic acids is 1. The molecule has 0 fully saturated rings. The number of carbonyl (C=O) groups is 1. The van der Waals surface area contributed by atoms with Crippen molar-refractivity contribution in [1.29, 1.82) is 0 Å². The van der Waals surface area contributed by atoms with E-state index in [1.54, 1.807) is 20.9 Å². The second-order valence-corrected chi connectivity index (χ2v) is 6.38. The molecule has 21 heavy (non-hydrogen) atoms. The van der Waals surface area contributed by atoms with E-state index in [1.165, 1.54) is 16.4 Å². The van der Waals surface area contributed by atoms with E-state index in [9.17, 15) is 14.4 Å². The van der Waals surface area contributed by atoms with Crippen molar-refractivity contribution in [3.63, 3.8) is 0 Å². The molecule has 0 saturated heterocycles. The molecular formula is C12H20N4O4S. The molecule has 0 aromatic carbocycles. The number of esters is 1. The monoisotopic (exact) mass is 316 g/mol. The first-order valence-electron chi connectivity index (χ1n) is 6.47. The van der Waals surface area contributed by atoms with Crippen LogP contribution in [-0.2, 0) is 16.6 Å². The molecule has 1 aromatic rings. The van der Waals surface area contributed by atoms with Crippen LogP contribution in [0, 0.1) is 0 Å². The van der Waals surface area contributed by atoms with Crippen molar-refractivity contribution in [2.75, 3.05) is 6.61 Å². The summed E-state index contributed by atoms with van der Waals surface area (Å²) in [6.45, 7) is 5.43. The van der Waals surface area contributed by atoms with Gasteiger partial charge in [-0.1, -0.05) is 18.7 Å². The second-order valence-electron chi connectivity index (χ2n) is 4.97. The SMILES string of the molecule is CCOC(=O)C(C)(N)CC(C)Sc1nc(=O)c(=O)[nH]n1C. The molecule has 1 heterocycles. The number of nitrogens with two attached hydrogens (primary N) is 1. The minimum absolute atomic E-state index is 0.103. The number of ether oxygens (including phenoxy) is 1. The van der Waals surface area contributed by atoms with E-state index in [-0.39, 0.29) is 11.9 Å². The molecule has 1 aromatic heterocycles. The van der Waals surface area contributed by atoms with Crippen LogP contribution in [0.5, 0.6) is 0 Å². The number of H-pyrrole nitrogens is 1. The Labute approximate surface area is 126 Å². The van der Waals surface area contributed by atoms with Gasteiger partial charge in [-0.25, -0.2) is 0 Å². The molecule has 0 aliphatic rings. The van der Waals surface area contributed by atoms with E-state index in [0.29, 0.717) is 11.6 Å². The molecule has 0 saturated carbocycles. The van der Waals surface area contributed by atoms with Crippen LogP contribution in [0.2, 0.25) is 0 Å². The van der Waals surface area contributed by atoms with Gasteiger partial charge in [-0.3, -0.25) is 24.2 Å². The van der Waals surface area contributed by atoms with Crippen LogP contribution in [0.1, 0.15) is 27.2 Å². The molecule has 2 atom stereocenters. The summed E-state index contributed by atoms with van der Waals surface area (Å²) in [6.07, 6.45) is 0.339. The zero-order valence-electron chi connectivity index (χ0n) is 12.5. The van der Waals surface area contributed by atoms with E-state index in [4.69, 9.17) is 10.5 Å². The van der Waals surface area contributed by atoms with E-state index >= 15 is 0 Å². The van der Waals surface area contributed by atoms with Crippen molar-refractivity contribution >= 4 is 17.7 Å². The number of hydrogen-bond acceptors (Lipinski definition) is 7. The van der Waals surface area contributed by atoms with E-state index in [1.807, 2.05) is 6.92 Å². The predicted octanol–water partition coefficient (Wildman–Crippen LogP) is -0.380. The lowest BCUT2D eigenvalue weighted by molar-refractivity contribution is -0.149. The fourth-order valence-corrected chi connectivity index (χ4v) is 2.89.